The summed E-state index contributed by atoms with van der Waals surface area (Å²) >= 11 is 2.35. The fourth-order valence-electron chi connectivity index (χ4n) is 4.91. The molecule has 166 valence electrons. The molecule has 2 heterocycles. The zero-order valence-corrected chi connectivity index (χ0v) is 20.9. The van der Waals surface area contributed by atoms with Crippen LogP contribution in [0.4, 0.5) is 0 Å². The fourth-order valence-corrected chi connectivity index (χ4v) is 5.27. The number of aromatic nitrogens is 3. The molecule has 0 aliphatic carbocycles. The largest absolute Gasteiger partial charge is 0.278 e. The molecule has 0 aliphatic heterocycles. The lowest BCUT2D eigenvalue weighted by Crippen LogP contribution is -1.95. The minimum atomic E-state index is 0.923. The Morgan fingerprint density at radius 2 is 1.11 bits per heavy atom. The lowest BCUT2D eigenvalue weighted by Gasteiger charge is -2.07. The van der Waals surface area contributed by atoms with Gasteiger partial charge in [0.25, 0.3) is 0 Å². The van der Waals surface area contributed by atoms with E-state index in [1.165, 1.54) is 25.8 Å². The molecule has 0 atom stereocenters. The van der Waals surface area contributed by atoms with Crippen LogP contribution in [0.15, 0.2) is 121 Å². The van der Waals surface area contributed by atoms with Gasteiger partial charge in [-0.3, -0.25) is 8.97 Å². The van der Waals surface area contributed by atoms with Crippen LogP contribution in [0.1, 0.15) is 0 Å². The second-order valence-corrected chi connectivity index (χ2v) is 9.94. The van der Waals surface area contributed by atoms with Gasteiger partial charge in [0.15, 0.2) is 0 Å². The van der Waals surface area contributed by atoms with Gasteiger partial charge < -0.3 is 0 Å². The van der Waals surface area contributed by atoms with E-state index < -0.39 is 0 Å². The predicted octanol–water partition coefficient (Wildman–Crippen LogP) is 8.37. The third kappa shape index (κ3) is 3.36. The van der Waals surface area contributed by atoms with Gasteiger partial charge in [-0.2, -0.15) is 0 Å². The smallest absolute Gasteiger partial charge is 0.220 e. The molecule has 0 saturated heterocycles. The second kappa shape index (κ2) is 8.10. The van der Waals surface area contributed by atoms with E-state index in [9.17, 15) is 0 Å². The maximum absolute atomic E-state index is 5.11. The van der Waals surface area contributed by atoms with Crippen LogP contribution in [0.2, 0.25) is 0 Å². The standard InChI is InChI=1S/C31H20IN3/c32-25-13-15-26(16-14-25)34-28-18-12-24(22-9-5-2-6-10-22)20-30(28)35-29-19-23(21-7-3-1-4-8-21)11-17-27(29)33-31(34)35/h1-20H. The summed E-state index contributed by atoms with van der Waals surface area (Å²) in [5.74, 6) is 0.923. The number of hydrogen-bond donors (Lipinski definition) is 0. The highest BCUT2D eigenvalue weighted by Gasteiger charge is 2.18. The summed E-state index contributed by atoms with van der Waals surface area (Å²) in [6.45, 7) is 0. The van der Waals surface area contributed by atoms with E-state index in [0.29, 0.717) is 0 Å². The van der Waals surface area contributed by atoms with Crippen molar-refractivity contribution in [1.82, 2.24) is 14.0 Å². The van der Waals surface area contributed by atoms with Crippen LogP contribution in [0.25, 0.3) is 55.8 Å². The molecule has 0 fully saturated rings. The molecular weight excluding hydrogens is 541 g/mol. The van der Waals surface area contributed by atoms with Crippen molar-refractivity contribution in [3.63, 3.8) is 0 Å². The molecule has 0 bridgehead atoms. The number of imidazole rings is 2. The summed E-state index contributed by atoms with van der Waals surface area (Å²) in [5, 5.41) is 0. The highest BCUT2D eigenvalue weighted by atomic mass is 127. The Morgan fingerprint density at radius 3 is 1.77 bits per heavy atom. The van der Waals surface area contributed by atoms with Gasteiger partial charge in [0.05, 0.1) is 22.1 Å². The lowest BCUT2D eigenvalue weighted by molar-refractivity contribution is 1.11. The SMILES string of the molecule is Ic1ccc(-n2c3ccc(-c4ccccc4)cc3n3c4cc(-c5ccccc5)ccc4nc23)cc1. The summed E-state index contributed by atoms with van der Waals surface area (Å²) < 4.78 is 5.79. The van der Waals surface area contributed by atoms with Crippen LogP contribution in [0.5, 0.6) is 0 Å². The third-order valence-electron chi connectivity index (χ3n) is 6.59. The zero-order chi connectivity index (χ0) is 23.4. The predicted molar refractivity (Wildman–Crippen MR) is 153 cm³/mol. The summed E-state index contributed by atoms with van der Waals surface area (Å²) in [5.41, 5.74) is 10.3. The minimum Gasteiger partial charge on any atom is -0.278 e. The van der Waals surface area contributed by atoms with Crippen molar-refractivity contribution in [2.45, 2.75) is 0 Å². The monoisotopic (exact) mass is 561 g/mol. The topological polar surface area (TPSA) is 22.2 Å². The minimum absolute atomic E-state index is 0.923. The Labute approximate surface area is 216 Å². The lowest BCUT2D eigenvalue weighted by atomic mass is 10.0. The summed E-state index contributed by atoms with van der Waals surface area (Å²) in [6, 6.07) is 43.0. The van der Waals surface area contributed by atoms with Gasteiger partial charge in [-0.05, 0) is 93.4 Å². The molecule has 35 heavy (non-hydrogen) atoms. The van der Waals surface area contributed by atoms with E-state index in [0.717, 1.165) is 33.5 Å². The van der Waals surface area contributed by atoms with Crippen molar-refractivity contribution >= 4 is 50.4 Å². The van der Waals surface area contributed by atoms with E-state index >= 15 is 0 Å². The average Bonchev–Trinajstić information content (AvgIpc) is 3.44. The van der Waals surface area contributed by atoms with Crippen molar-refractivity contribution < 1.29 is 0 Å². The number of hydrogen-bond acceptors (Lipinski definition) is 1. The molecule has 0 aliphatic rings. The fraction of sp³-hybridized carbons (Fsp3) is 0. The molecule has 0 amide bonds. The second-order valence-electron chi connectivity index (χ2n) is 8.70. The zero-order valence-electron chi connectivity index (χ0n) is 18.8. The number of benzene rings is 5. The van der Waals surface area contributed by atoms with E-state index in [1.54, 1.807) is 0 Å². The van der Waals surface area contributed by atoms with E-state index in [1.807, 2.05) is 0 Å². The molecule has 0 radical (unpaired) electrons. The molecule has 2 aromatic heterocycles. The Morgan fingerprint density at radius 1 is 0.514 bits per heavy atom. The molecule has 7 rings (SSSR count). The van der Waals surface area contributed by atoms with Crippen LogP contribution in [-0.2, 0) is 0 Å². The Balaban J connectivity index is 1.58. The molecule has 0 spiro atoms. The first-order chi connectivity index (χ1) is 17.3. The normalized spacial score (nSPS) is 11.6. The first-order valence-corrected chi connectivity index (χ1v) is 12.7. The van der Waals surface area contributed by atoms with Gasteiger partial charge >= 0.3 is 0 Å². The third-order valence-corrected chi connectivity index (χ3v) is 7.31. The van der Waals surface area contributed by atoms with Crippen LogP contribution >= 0.6 is 22.6 Å². The number of halogens is 1. The Kier molecular flexibility index (Phi) is 4.74. The quantitative estimate of drug-likeness (QED) is 0.199. The van der Waals surface area contributed by atoms with Gasteiger partial charge in [0.1, 0.15) is 0 Å². The molecular formula is C31H20IN3. The van der Waals surface area contributed by atoms with Gasteiger partial charge in [-0.15, -0.1) is 0 Å². The Bertz CT molecular complexity index is 1830. The van der Waals surface area contributed by atoms with Gasteiger partial charge in [0.2, 0.25) is 5.78 Å². The molecule has 0 N–H and O–H groups in total. The maximum Gasteiger partial charge on any atom is 0.220 e. The summed E-state index contributed by atoms with van der Waals surface area (Å²) in [4.78, 5) is 5.11. The van der Waals surface area contributed by atoms with Crippen molar-refractivity contribution in [3.05, 3.63) is 125 Å². The first kappa shape index (κ1) is 20.5. The van der Waals surface area contributed by atoms with Crippen LogP contribution < -0.4 is 0 Å². The van der Waals surface area contributed by atoms with Crippen molar-refractivity contribution in [1.29, 1.82) is 0 Å². The van der Waals surface area contributed by atoms with Gasteiger partial charge in [-0.25, -0.2) is 4.98 Å². The average molecular weight is 561 g/mol. The molecule has 4 heteroatoms. The summed E-state index contributed by atoms with van der Waals surface area (Å²) in [6.07, 6.45) is 0. The first-order valence-electron chi connectivity index (χ1n) is 11.6. The van der Waals surface area contributed by atoms with Gasteiger partial charge in [-0.1, -0.05) is 72.8 Å². The van der Waals surface area contributed by atoms with Crippen molar-refractivity contribution in [2.75, 3.05) is 0 Å². The Hall–Kier alpha value is -3.90. The van der Waals surface area contributed by atoms with E-state index in [-0.39, 0.29) is 0 Å². The number of fused-ring (bicyclic) bond motifs is 5. The molecule has 0 unspecified atom stereocenters. The highest BCUT2D eigenvalue weighted by molar-refractivity contribution is 14.1. The van der Waals surface area contributed by atoms with Crippen molar-refractivity contribution in [3.8, 4) is 27.9 Å². The molecule has 7 aromatic rings. The summed E-state index contributed by atoms with van der Waals surface area (Å²) in [7, 11) is 0. The maximum atomic E-state index is 5.11. The van der Waals surface area contributed by atoms with E-state index in [2.05, 4.69) is 153 Å². The highest BCUT2D eigenvalue weighted by Crippen LogP contribution is 2.34. The van der Waals surface area contributed by atoms with Crippen LogP contribution in [0, 0.1) is 3.57 Å². The molecule has 5 aromatic carbocycles. The van der Waals surface area contributed by atoms with Crippen LogP contribution in [0.3, 0.4) is 0 Å². The van der Waals surface area contributed by atoms with Crippen LogP contribution in [-0.4, -0.2) is 14.0 Å². The van der Waals surface area contributed by atoms with Crippen molar-refractivity contribution in [2.24, 2.45) is 0 Å². The number of rotatable bonds is 3. The molecule has 0 saturated carbocycles. The van der Waals surface area contributed by atoms with E-state index in [4.69, 9.17) is 4.98 Å². The molecule has 3 nitrogen and oxygen atoms in total. The van der Waals surface area contributed by atoms with Gasteiger partial charge in [0, 0.05) is 9.26 Å². The number of nitrogens with zero attached hydrogens (tertiary/aromatic N) is 3.